The molecule has 0 radical (unpaired) electrons. The van der Waals surface area contributed by atoms with Gasteiger partial charge < -0.3 is 14.9 Å². The number of carboxylic acid groups (broad SMARTS) is 1. The zero-order valence-corrected chi connectivity index (χ0v) is 12.3. The molecule has 1 aliphatic rings. The molecule has 0 bridgehead atoms. The standard InChI is InChI=1S/C15H23N3O2/c1-3-5-13-10-12(15(19)20)11-14(16-13)18-7-4-6-17(2)8-9-18/h10-11H,3-9H2,1-2H3,(H,19,20). The molecule has 5 heteroatoms. The Morgan fingerprint density at radius 3 is 2.80 bits per heavy atom. The van der Waals surface area contributed by atoms with Gasteiger partial charge in [-0.25, -0.2) is 9.78 Å². The number of hydrogen-bond acceptors (Lipinski definition) is 4. The minimum Gasteiger partial charge on any atom is -0.478 e. The molecular formula is C15H23N3O2. The molecule has 0 spiro atoms. The van der Waals surface area contributed by atoms with Gasteiger partial charge in [-0.2, -0.15) is 0 Å². The van der Waals surface area contributed by atoms with Crippen molar-refractivity contribution in [3.63, 3.8) is 0 Å². The first-order valence-corrected chi connectivity index (χ1v) is 7.28. The fourth-order valence-corrected chi connectivity index (χ4v) is 2.52. The lowest BCUT2D eigenvalue weighted by atomic mass is 10.1. The Bertz CT molecular complexity index is 476. The van der Waals surface area contributed by atoms with Crippen LogP contribution in [0.1, 0.15) is 35.8 Å². The Hall–Kier alpha value is -1.62. The fraction of sp³-hybridized carbons (Fsp3) is 0.600. The molecule has 0 atom stereocenters. The Labute approximate surface area is 120 Å². The number of hydrogen-bond donors (Lipinski definition) is 1. The predicted molar refractivity (Wildman–Crippen MR) is 79.5 cm³/mol. The second kappa shape index (κ2) is 6.70. The number of aromatic carboxylic acids is 1. The van der Waals surface area contributed by atoms with E-state index in [4.69, 9.17) is 0 Å². The summed E-state index contributed by atoms with van der Waals surface area (Å²) in [6, 6.07) is 3.39. The van der Waals surface area contributed by atoms with E-state index >= 15 is 0 Å². The molecule has 1 aromatic heterocycles. The second-order valence-electron chi connectivity index (χ2n) is 5.40. The number of pyridine rings is 1. The molecule has 1 N–H and O–H groups in total. The van der Waals surface area contributed by atoms with Crippen LogP contribution in [-0.4, -0.2) is 54.2 Å². The van der Waals surface area contributed by atoms with E-state index in [2.05, 4.69) is 28.8 Å². The van der Waals surface area contributed by atoms with Gasteiger partial charge >= 0.3 is 5.97 Å². The lowest BCUT2D eigenvalue weighted by Crippen LogP contribution is -2.29. The van der Waals surface area contributed by atoms with Crippen molar-refractivity contribution in [2.45, 2.75) is 26.2 Å². The van der Waals surface area contributed by atoms with Crippen LogP contribution in [0.3, 0.4) is 0 Å². The van der Waals surface area contributed by atoms with E-state index in [0.717, 1.165) is 57.0 Å². The van der Waals surface area contributed by atoms with Gasteiger partial charge in [-0.1, -0.05) is 13.3 Å². The molecule has 0 unspecified atom stereocenters. The Kier molecular flexibility index (Phi) is 4.95. The van der Waals surface area contributed by atoms with Gasteiger partial charge in [0.05, 0.1) is 5.56 Å². The summed E-state index contributed by atoms with van der Waals surface area (Å²) in [5.41, 5.74) is 1.22. The molecule has 2 heterocycles. The van der Waals surface area contributed by atoms with Gasteiger partial charge in [-0.3, -0.25) is 0 Å². The van der Waals surface area contributed by atoms with Gasteiger partial charge in [0.25, 0.3) is 0 Å². The quantitative estimate of drug-likeness (QED) is 0.910. The van der Waals surface area contributed by atoms with Crippen molar-refractivity contribution in [3.8, 4) is 0 Å². The first-order valence-electron chi connectivity index (χ1n) is 7.28. The van der Waals surface area contributed by atoms with Gasteiger partial charge in [0.1, 0.15) is 5.82 Å². The molecule has 1 saturated heterocycles. The monoisotopic (exact) mass is 277 g/mol. The fourth-order valence-electron chi connectivity index (χ4n) is 2.52. The van der Waals surface area contributed by atoms with Crippen molar-refractivity contribution in [3.05, 3.63) is 23.4 Å². The molecular weight excluding hydrogens is 254 g/mol. The van der Waals surface area contributed by atoms with Crippen LogP contribution in [0.25, 0.3) is 0 Å². The van der Waals surface area contributed by atoms with Crippen molar-refractivity contribution >= 4 is 11.8 Å². The zero-order chi connectivity index (χ0) is 14.5. The summed E-state index contributed by atoms with van der Waals surface area (Å²) >= 11 is 0. The maximum absolute atomic E-state index is 11.3. The van der Waals surface area contributed by atoms with E-state index in [9.17, 15) is 9.90 Å². The van der Waals surface area contributed by atoms with E-state index in [-0.39, 0.29) is 0 Å². The molecule has 0 saturated carbocycles. The molecule has 5 nitrogen and oxygen atoms in total. The molecule has 110 valence electrons. The average molecular weight is 277 g/mol. The van der Waals surface area contributed by atoms with Crippen LogP contribution in [0.2, 0.25) is 0 Å². The molecule has 20 heavy (non-hydrogen) atoms. The van der Waals surface area contributed by atoms with Crippen LogP contribution in [-0.2, 0) is 6.42 Å². The first-order chi connectivity index (χ1) is 9.60. The van der Waals surface area contributed by atoms with Crippen LogP contribution < -0.4 is 4.90 Å². The molecule has 2 rings (SSSR count). The summed E-state index contributed by atoms with van der Waals surface area (Å²) in [5.74, 6) is -0.0680. The number of carboxylic acids is 1. The van der Waals surface area contributed by atoms with E-state index < -0.39 is 5.97 Å². The van der Waals surface area contributed by atoms with Crippen LogP contribution in [0, 0.1) is 0 Å². The van der Waals surface area contributed by atoms with Crippen molar-refractivity contribution in [2.24, 2.45) is 0 Å². The highest BCUT2D eigenvalue weighted by atomic mass is 16.4. The summed E-state index contributed by atoms with van der Waals surface area (Å²) in [7, 11) is 2.12. The van der Waals surface area contributed by atoms with Crippen LogP contribution >= 0.6 is 0 Å². The Morgan fingerprint density at radius 2 is 2.10 bits per heavy atom. The molecule has 0 aromatic carbocycles. The molecule has 1 aromatic rings. The van der Waals surface area contributed by atoms with Crippen molar-refractivity contribution < 1.29 is 9.90 Å². The van der Waals surface area contributed by atoms with Gasteiger partial charge in [-0.05, 0) is 38.6 Å². The first kappa shape index (κ1) is 14.8. The number of likely N-dealkylation sites (N-methyl/N-ethyl adjacent to an activating group) is 1. The highest BCUT2D eigenvalue weighted by molar-refractivity contribution is 5.88. The third-order valence-corrected chi connectivity index (χ3v) is 3.66. The number of nitrogens with zero attached hydrogens (tertiary/aromatic N) is 3. The lowest BCUT2D eigenvalue weighted by molar-refractivity contribution is 0.0696. The summed E-state index contributed by atoms with van der Waals surface area (Å²) in [6.45, 7) is 5.98. The van der Waals surface area contributed by atoms with Crippen molar-refractivity contribution in [2.75, 3.05) is 38.1 Å². The summed E-state index contributed by atoms with van der Waals surface area (Å²) in [5, 5.41) is 9.24. The number of aromatic nitrogens is 1. The minimum absolute atomic E-state index is 0.344. The van der Waals surface area contributed by atoms with Gasteiger partial charge in [0.15, 0.2) is 0 Å². The summed E-state index contributed by atoms with van der Waals surface area (Å²) < 4.78 is 0. The van der Waals surface area contributed by atoms with Crippen LogP contribution in [0.4, 0.5) is 5.82 Å². The van der Waals surface area contributed by atoms with Crippen molar-refractivity contribution in [1.29, 1.82) is 0 Å². The third kappa shape index (κ3) is 3.70. The van der Waals surface area contributed by atoms with Gasteiger partial charge in [-0.15, -0.1) is 0 Å². The third-order valence-electron chi connectivity index (χ3n) is 3.66. The lowest BCUT2D eigenvalue weighted by Gasteiger charge is -2.22. The Morgan fingerprint density at radius 1 is 1.30 bits per heavy atom. The van der Waals surface area contributed by atoms with Crippen molar-refractivity contribution in [1.82, 2.24) is 9.88 Å². The average Bonchev–Trinajstić information content (AvgIpc) is 2.63. The maximum Gasteiger partial charge on any atom is 0.335 e. The number of carbonyl (C=O) groups is 1. The topological polar surface area (TPSA) is 56.7 Å². The molecule has 1 aliphatic heterocycles. The number of aryl methyl sites for hydroxylation is 1. The second-order valence-corrected chi connectivity index (χ2v) is 5.40. The summed E-state index contributed by atoms with van der Waals surface area (Å²) in [6.07, 6.45) is 2.87. The van der Waals surface area contributed by atoms with E-state index in [0.29, 0.717) is 5.56 Å². The smallest absolute Gasteiger partial charge is 0.335 e. The normalized spacial score (nSPS) is 17.0. The summed E-state index contributed by atoms with van der Waals surface area (Å²) in [4.78, 5) is 20.4. The van der Waals surface area contributed by atoms with E-state index in [1.807, 2.05) is 0 Å². The highest BCUT2D eigenvalue weighted by Crippen LogP contribution is 2.18. The minimum atomic E-state index is -0.877. The molecule has 1 fully saturated rings. The Balaban J connectivity index is 2.26. The molecule has 0 amide bonds. The van der Waals surface area contributed by atoms with Crippen LogP contribution in [0.5, 0.6) is 0 Å². The van der Waals surface area contributed by atoms with Crippen LogP contribution in [0.15, 0.2) is 12.1 Å². The van der Waals surface area contributed by atoms with Gasteiger partial charge in [0, 0.05) is 25.3 Å². The molecule has 0 aliphatic carbocycles. The maximum atomic E-state index is 11.3. The van der Waals surface area contributed by atoms with Gasteiger partial charge in [0.2, 0.25) is 0 Å². The SMILES string of the molecule is CCCc1cc(C(=O)O)cc(N2CCCN(C)CC2)n1. The highest BCUT2D eigenvalue weighted by Gasteiger charge is 2.16. The van der Waals surface area contributed by atoms with E-state index in [1.54, 1.807) is 12.1 Å². The number of anilines is 1. The number of rotatable bonds is 4. The zero-order valence-electron chi connectivity index (χ0n) is 12.3. The van der Waals surface area contributed by atoms with E-state index in [1.165, 1.54) is 0 Å². The largest absolute Gasteiger partial charge is 0.478 e. The predicted octanol–water partition coefficient (Wildman–Crippen LogP) is 1.87.